The lowest BCUT2D eigenvalue weighted by Crippen LogP contribution is -2.48. The van der Waals surface area contributed by atoms with E-state index >= 15 is 0 Å². The first kappa shape index (κ1) is 12.9. The van der Waals surface area contributed by atoms with Gasteiger partial charge in [-0.15, -0.1) is 0 Å². The summed E-state index contributed by atoms with van der Waals surface area (Å²) in [6, 6.07) is 5.06. The SMILES string of the molecule is O=C(NC[C@@H]1COC[C@@H](O)[C@H]1O)c1ccccn1. The molecule has 0 aliphatic carbocycles. The van der Waals surface area contributed by atoms with E-state index in [2.05, 4.69) is 10.3 Å². The quantitative estimate of drug-likeness (QED) is 0.653. The summed E-state index contributed by atoms with van der Waals surface area (Å²) in [7, 11) is 0. The van der Waals surface area contributed by atoms with Crippen molar-refractivity contribution in [3.05, 3.63) is 30.1 Å². The molecule has 18 heavy (non-hydrogen) atoms. The minimum absolute atomic E-state index is 0.131. The van der Waals surface area contributed by atoms with E-state index in [0.717, 1.165) is 0 Å². The Balaban J connectivity index is 1.86. The first-order valence-corrected chi connectivity index (χ1v) is 5.81. The van der Waals surface area contributed by atoms with Gasteiger partial charge in [0.15, 0.2) is 0 Å². The molecule has 1 aliphatic rings. The molecule has 0 radical (unpaired) electrons. The van der Waals surface area contributed by atoms with Gasteiger partial charge in [0.2, 0.25) is 0 Å². The molecule has 1 aliphatic heterocycles. The Morgan fingerprint density at radius 3 is 3.00 bits per heavy atom. The molecular formula is C12H16N2O4. The maximum atomic E-state index is 11.7. The lowest BCUT2D eigenvalue weighted by Gasteiger charge is -2.31. The number of carbonyl (C=O) groups excluding carboxylic acids is 1. The van der Waals surface area contributed by atoms with Crippen molar-refractivity contribution in [3.63, 3.8) is 0 Å². The number of pyridine rings is 1. The highest BCUT2D eigenvalue weighted by molar-refractivity contribution is 5.92. The van der Waals surface area contributed by atoms with Crippen LogP contribution in [0.15, 0.2) is 24.4 Å². The van der Waals surface area contributed by atoms with Crippen molar-refractivity contribution in [1.29, 1.82) is 0 Å². The van der Waals surface area contributed by atoms with Crippen LogP contribution in [-0.2, 0) is 4.74 Å². The molecule has 6 nitrogen and oxygen atoms in total. The number of hydrogen-bond donors (Lipinski definition) is 3. The number of amides is 1. The van der Waals surface area contributed by atoms with Crippen molar-refractivity contribution in [3.8, 4) is 0 Å². The van der Waals surface area contributed by atoms with Gasteiger partial charge in [0.1, 0.15) is 11.8 Å². The zero-order valence-electron chi connectivity index (χ0n) is 9.82. The van der Waals surface area contributed by atoms with Gasteiger partial charge in [0.05, 0.1) is 19.3 Å². The summed E-state index contributed by atoms with van der Waals surface area (Å²) < 4.78 is 5.13. The molecule has 1 saturated heterocycles. The molecule has 0 aromatic carbocycles. The Morgan fingerprint density at radius 1 is 1.44 bits per heavy atom. The number of nitrogens with one attached hydrogen (secondary N) is 1. The fourth-order valence-electron chi connectivity index (χ4n) is 1.84. The van der Waals surface area contributed by atoms with Gasteiger partial charge >= 0.3 is 0 Å². The molecule has 1 fully saturated rings. The number of nitrogens with zero attached hydrogens (tertiary/aromatic N) is 1. The number of aliphatic hydroxyl groups is 2. The molecule has 1 aromatic rings. The highest BCUT2D eigenvalue weighted by atomic mass is 16.5. The van der Waals surface area contributed by atoms with Crippen LogP contribution >= 0.6 is 0 Å². The van der Waals surface area contributed by atoms with Crippen LogP contribution in [0.4, 0.5) is 0 Å². The highest BCUT2D eigenvalue weighted by Gasteiger charge is 2.31. The Hall–Kier alpha value is -1.50. The van der Waals surface area contributed by atoms with Crippen molar-refractivity contribution >= 4 is 5.91 Å². The fraction of sp³-hybridized carbons (Fsp3) is 0.500. The van der Waals surface area contributed by atoms with Gasteiger partial charge in [-0.25, -0.2) is 0 Å². The van der Waals surface area contributed by atoms with Crippen molar-refractivity contribution in [2.24, 2.45) is 5.92 Å². The number of ether oxygens (including phenoxy) is 1. The summed E-state index contributed by atoms with van der Waals surface area (Å²) in [5, 5.41) is 21.8. The summed E-state index contributed by atoms with van der Waals surface area (Å²) in [5.74, 6) is -0.607. The van der Waals surface area contributed by atoms with Crippen molar-refractivity contribution in [2.45, 2.75) is 12.2 Å². The van der Waals surface area contributed by atoms with Crippen LogP contribution in [0.25, 0.3) is 0 Å². The molecule has 0 unspecified atom stereocenters. The average Bonchev–Trinajstić information content (AvgIpc) is 2.41. The normalized spacial score (nSPS) is 27.8. The smallest absolute Gasteiger partial charge is 0.269 e. The zero-order chi connectivity index (χ0) is 13.0. The monoisotopic (exact) mass is 252 g/mol. The first-order chi connectivity index (χ1) is 8.68. The molecule has 0 spiro atoms. The number of rotatable bonds is 3. The topological polar surface area (TPSA) is 91.7 Å². The van der Waals surface area contributed by atoms with Crippen LogP contribution < -0.4 is 5.32 Å². The van der Waals surface area contributed by atoms with Crippen LogP contribution in [0.1, 0.15) is 10.5 Å². The predicted molar refractivity (Wildman–Crippen MR) is 62.9 cm³/mol. The van der Waals surface area contributed by atoms with Crippen LogP contribution in [0.5, 0.6) is 0 Å². The zero-order valence-corrected chi connectivity index (χ0v) is 9.82. The van der Waals surface area contributed by atoms with Gasteiger partial charge in [-0.2, -0.15) is 0 Å². The third-order valence-corrected chi connectivity index (χ3v) is 2.92. The maximum absolute atomic E-state index is 11.7. The van der Waals surface area contributed by atoms with Gasteiger partial charge in [-0.1, -0.05) is 6.07 Å². The van der Waals surface area contributed by atoms with Crippen LogP contribution in [0.2, 0.25) is 0 Å². The third-order valence-electron chi connectivity index (χ3n) is 2.92. The molecule has 3 N–H and O–H groups in total. The van der Waals surface area contributed by atoms with E-state index in [1.54, 1.807) is 18.2 Å². The Bertz CT molecular complexity index is 398. The van der Waals surface area contributed by atoms with Crippen molar-refractivity contribution in [1.82, 2.24) is 10.3 Å². The second-order valence-corrected chi connectivity index (χ2v) is 4.28. The van der Waals surface area contributed by atoms with Gasteiger partial charge in [0, 0.05) is 18.7 Å². The Kier molecular flexibility index (Phi) is 4.24. The molecule has 1 amide bonds. The molecule has 2 heterocycles. The lowest BCUT2D eigenvalue weighted by molar-refractivity contribution is -0.118. The minimum Gasteiger partial charge on any atom is -0.390 e. The lowest BCUT2D eigenvalue weighted by atomic mass is 9.96. The van der Waals surface area contributed by atoms with Gasteiger partial charge in [0.25, 0.3) is 5.91 Å². The van der Waals surface area contributed by atoms with Gasteiger partial charge in [-0.3, -0.25) is 9.78 Å². The summed E-state index contributed by atoms with van der Waals surface area (Å²) >= 11 is 0. The highest BCUT2D eigenvalue weighted by Crippen LogP contribution is 2.14. The molecule has 0 saturated carbocycles. The average molecular weight is 252 g/mol. The second kappa shape index (κ2) is 5.90. The van der Waals surface area contributed by atoms with E-state index in [-0.39, 0.29) is 25.0 Å². The van der Waals surface area contributed by atoms with E-state index in [1.165, 1.54) is 6.20 Å². The van der Waals surface area contributed by atoms with E-state index in [1.807, 2.05) is 0 Å². The number of hydrogen-bond acceptors (Lipinski definition) is 5. The molecule has 0 bridgehead atoms. The van der Waals surface area contributed by atoms with Crippen LogP contribution in [0.3, 0.4) is 0 Å². The van der Waals surface area contributed by atoms with Crippen LogP contribution in [-0.4, -0.2) is 53.1 Å². The van der Waals surface area contributed by atoms with E-state index in [4.69, 9.17) is 4.74 Å². The summed E-state index contributed by atoms with van der Waals surface area (Å²) in [4.78, 5) is 15.6. The molecular weight excluding hydrogens is 236 g/mol. The molecule has 1 aromatic heterocycles. The van der Waals surface area contributed by atoms with E-state index < -0.39 is 12.2 Å². The van der Waals surface area contributed by atoms with Gasteiger partial charge < -0.3 is 20.3 Å². The number of aliphatic hydroxyl groups excluding tert-OH is 2. The Labute approximate surface area is 105 Å². The van der Waals surface area contributed by atoms with Gasteiger partial charge in [-0.05, 0) is 12.1 Å². The fourth-order valence-corrected chi connectivity index (χ4v) is 1.84. The van der Waals surface area contributed by atoms with Crippen molar-refractivity contribution < 1.29 is 19.7 Å². The molecule has 6 heteroatoms. The van der Waals surface area contributed by atoms with Crippen molar-refractivity contribution in [2.75, 3.05) is 19.8 Å². The molecule has 2 rings (SSSR count). The standard InChI is InChI=1S/C12H16N2O4/c15-10-7-18-6-8(11(10)16)5-14-12(17)9-3-1-2-4-13-9/h1-4,8,10-11,15-16H,5-7H2,(H,14,17)/t8-,10-,11+/m1/s1. The Morgan fingerprint density at radius 2 is 2.28 bits per heavy atom. The molecule has 3 atom stereocenters. The number of carbonyl (C=O) groups is 1. The largest absolute Gasteiger partial charge is 0.390 e. The first-order valence-electron chi connectivity index (χ1n) is 5.81. The maximum Gasteiger partial charge on any atom is 0.269 e. The number of aromatic nitrogens is 1. The molecule has 98 valence electrons. The summed E-state index contributed by atoms with van der Waals surface area (Å²) in [6.07, 6.45) is -0.227. The second-order valence-electron chi connectivity index (χ2n) is 4.28. The van der Waals surface area contributed by atoms with E-state index in [9.17, 15) is 15.0 Å². The van der Waals surface area contributed by atoms with Crippen LogP contribution in [0, 0.1) is 5.92 Å². The summed E-state index contributed by atoms with van der Waals surface area (Å²) in [5.41, 5.74) is 0.323. The predicted octanol–water partition coefficient (Wildman–Crippen LogP) is -0.820. The minimum atomic E-state index is -0.893. The van der Waals surface area contributed by atoms with E-state index in [0.29, 0.717) is 12.3 Å². The third kappa shape index (κ3) is 3.04. The summed E-state index contributed by atoms with van der Waals surface area (Å²) in [6.45, 7) is 0.695.